The Labute approximate surface area is 117 Å². The molecular weight excluding hydrogens is 292 g/mol. The Morgan fingerprint density at radius 3 is 2.67 bits per heavy atom. The first-order valence-corrected chi connectivity index (χ1v) is 7.51. The molecule has 2 rings (SSSR count). The zero-order valence-corrected chi connectivity index (χ0v) is 12.6. The second-order valence-electron chi connectivity index (χ2n) is 5.34. The van der Waals surface area contributed by atoms with Gasteiger partial charge in [-0.2, -0.15) is 0 Å². The van der Waals surface area contributed by atoms with E-state index in [2.05, 4.69) is 35.8 Å². The molecule has 0 aliphatic heterocycles. The summed E-state index contributed by atoms with van der Waals surface area (Å²) in [5.41, 5.74) is 1.20. The van der Waals surface area contributed by atoms with Gasteiger partial charge in [0.1, 0.15) is 11.9 Å². The number of hydrogen-bond donors (Lipinski definition) is 1. The maximum Gasteiger partial charge on any atom is 0.124 e. The van der Waals surface area contributed by atoms with Crippen molar-refractivity contribution < 1.29 is 9.84 Å². The van der Waals surface area contributed by atoms with Crippen molar-refractivity contribution in [1.29, 1.82) is 0 Å². The number of aliphatic hydroxyl groups is 1. The van der Waals surface area contributed by atoms with Gasteiger partial charge in [-0.15, -0.1) is 0 Å². The predicted octanol–water partition coefficient (Wildman–Crippen LogP) is 4.25. The average Bonchev–Trinajstić information content (AvgIpc) is 2.34. The SMILES string of the molecule is CC(C)c1cc(Br)ccc1O[C@@H]1CCCC[C@H]1O. The highest BCUT2D eigenvalue weighted by atomic mass is 79.9. The fraction of sp³-hybridized carbons (Fsp3) is 0.600. The maximum absolute atomic E-state index is 9.98. The molecule has 1 N–H and O–H groups in total. The third kappa shape index (κ3) is 3.27. The molecule has 0 bridgehead atoms. The molecule has 0 spiro atoms. The summed E-state index contributed by atoms with van der Waals surface area (Å²) in [7, 11) is 0. The fourth-order valence-electron chi connectivity index (χ4n) is 2.46. The number of ether oxygens (including phenoxy) is 1. The van der Waals surface area contributed by atoms with Crippen LogP contribution >= 0.6 is 15.9 Å². The van der Waals surface area contributed by atoms with Gasteiger partial charge >= 0.3 is 0 Å². The van der Waals surface area contributed by atoms with Crippen molar-refractivity contribution in [3.05, 3.63) is 28.2 Å². The Morgan fingerprint density at radius 2 is 2.00 bits per heavy atom. The van der Waals surface area contributed by atoms with Crippen LogP contribution < -0.4 is 4.74 Å². The lowest BCUT2D eigenvalue weighted by Gasteiger charge is -2.29. The third-order valence-electron chi connectivity index (χ3n) is 3.54. The van der Waals surface area contributed by atoms with E-state index in [9.17, 15) is 5.11 Å². The molecule has 0 amide bonds. The standard InChI is InChI=1S/C15H21BrO2/c1-10(2)12-9-11(16)7-8-14(12)18-15-6-4-3-5-13(15)17/h7-10,13,15,17H,3-6H2,1-2H3/t13-,15-/m1/s1. The molecule has 0 unspecified atom stereocenters. The Bertz CT molecular complexity index is 403. The lowest BCUT2D eigenvalue weighted by atomic mass is 9.94. The van der Waals surface area contributed by atoms with Gasteiger partial charge in [0, 0.05) is 4.47 Å². The molecule has 0 saturated heterocycles. The van der Waals surface area contributed by atoms with Crippen molar-refractivity contribution in [3.63, 3.8) is 0 Å². The van der Waals surface area contributed by atoms with Gasteiger partial charge in [0.15, 0.2) is 0 Å². The van der Waals surface area contributed by atoms with Gasteiger partial charge in [0.05, 0.1) is 6.10 Å². The molecule has 1 saturated carbocycles. The van der Waals surface area contributed by atoms with Crippen LogP contribution in [0.3, 0.4) is 0 Å². The molecule has 1 aliphatic carbocycles. The predicted molar refractivity (Wildman–Crippen MR) is 77.1 cm³/mol. The minimum atomic E-state index is -0.317. The summed E-state index contributed by atoms with van der Waals surface area (Å²) in [4.78, 5) is 0. The quantitative estimate of drug-likeness (QED) is 0.904. The van der Waals surface area contributed by atoms with E-state index in [4.69, 9.17) is 4.74 Å². The van der Waals surface area contributed by atoms with Crippen LogP contribution in [0.4, 0.5) is 0 Å². The second-order valence-corrected chi connectivity index (χ2v) is 6.26. The van der Waals surface area contributed by atoms with Gasteiger partial charge in [-0.05, 0) is 48.9 Å². The molecule has 0 heterocycles. The minimum absolute atomic E-state index is 0.0441. The average molecular weight is 313 g/mol. The van der Waals surface area contributed by atoms with Gasteiger partial charge in [0.25, 0.3) is 0 Å². The highest BCUT2D eigenvalue weighted by Crippen LogP contribution is 2.32. The van der Waals surface area contributed by atoms with Crippen LogP contribution in [-0.2, 0) is 0 Å². The number of halogens is 1. The molecular formula is C15H21BrO2. The Morgan fingerprint density at radius 1 is 1.28 bits per heavy atom. The van der Waals surface area contributed by atoms with Crippen LogP contribution in [-0.4, -0.2) is 17.3 Å². The minimum Gasteiger partial charge on any atom is -0.487 e. The summed E-state index contributed by atoms with van der Waals surface area (Å²) in [6.07, 6.45) is 3.71. The molecule has 1 aromatic carbocycles. The van der Waals surface area contributed by atoms with Crippen LogP contribution in [0.2, 0.25) is 0 Å². The Hall–Kier alpha value is -0.540. The molecule has 2 nitrogen and oxygen atoms in total. The van der Waals surface area contributed by atoms with E-state index in [-0.39, 0.29) is 12.2 Å². The number of hydrogen-bond acceptors (Lipinski definition) is 2. The van der Waals surface area contributed by atoms with Crippen molar-refractivity contribution in [2.45, 2.75) is 57.7 Å². The van der Waals surface area contributed by atoms with Gasteiger partial charge in [0.2, 0.25) is 0 Å². The van der Waals surface area contributed by atoms with E-state index in [1.807, 2.05) is 12.1 Å². The Balaban J connectivity index is 2.17. The van der Waals surface area contributed by atoms with Crippen molar-refractivity contribution in [3.8, 4) is 5.75 Å². The number of aliphatic hydroxyl groups excluding tert-OH is 1. The first kappa shape index (κ1) is 13.9. The molecule has 2 atom stereocenters. The summed E-state index contributed by atoms with van der Waals surface area (Å²) in [5, 5.41) is 9.98. The lowest BCUT2D eigenvalue weighted by Crippen LogP contribution is -2.34. The smallest absolute Gasteiger partial charge is 0.124 e. The van der Waals surface area contributed by atoms with Crippen molar-refractivity contribution >= 4 is 15.9 Å². The van der Waals surface area contributed by atoms with Crippen LogP contribution in [0.25, 0.3) is 0 Å². The normalized spacial score (nSPS) is 24.3. The summed E-state index contributed by atoms with van der Waals surface area (Å²) in [5.74, 6) is 1.33. The van der Waals surface area contributed by atoms with E-state index in [0.717, 1.165) is 35.9 Å². The Kier molecular flexibility index (Phi) is 4.68. The largest absolute Gasteiger partial charge is 0.487 e. The second kappa shape index (κ2) is 6.07. The van der Waals surface area contributed by atoms with Gasteiger partial charge in [-0.1, -0.05) is 36.2 Å². The highest BCUT2D eigenvalue weighted by Gasteiger charge is 2.25. The molecule has 1 fully saturated rings. The summed E-state index contributed by atoms with van der Waals surface area (Å²) in [6, 6.07) is 6.10. The van der Waals surface area contributed by atoms with Gasteiger partial charge in [-0.25, -0.2) is 0 Å². The maximum atomic E-state index is 9.98. The van der Waals surface area contributed by atoms with E-state index in [1.54, 1.807) is 0 Å². The van der Waals surface area contributed by atoms with Gasteiger partial charge < -0.3 is 9.84 Å². The molecule has 1 aromatic rings. The van der Waals surface area contributed by atoms with E-state index in [1.165, 1.54) is 5.56 Å². The third-order valence-corrected chi connectivity index (χ3v) is 4.03. The topological polar surface area (TPSA) is 29.5 Å². The summed E-state index contributed by atoms with van der Waals surface area (Å²) < 4.78 is 7.12. The molecule has 0 aromatic heterocycles. The van der Waals surface area contributed by atoms with Crippen molar-refractivity contribution in [1.82, 2.24) is 0 Å². The van der Waals surface area contributed by atoms with Gasteiger partial charge in [-0.3, -0.25) is 0 Å². The zero-order chi connectivity index (χ0) is 13.1. The van der Waals surface area contributed by atoms with Crippen LogP contribution in [0.15, 0.2) is 22.7 Å². The molecule has 3 heteroatoms. The molecule has 0 radical (unpaired) electrons. The van der Waals surface area contributed by atoms with Crippen LogP contribution in [0, 0.1) is 0 Å². The fourth-order valence-corrected chi connectivity index (χ4v) is 2.83. The number of benzene rings is 1. The summed E-state index contributed by atoms with van der Waals surface area (Å²) in [6.45, 7) is 4.32. The summed E-state index contributed by atoms with van der Waals surface area (Å²) >= 11 is 3.50. The first-order chi connectivity index (χ1) is 8.58. The molecule has 100 valence electrons. The lowest BCUT2D eigenvalue weighted by molar-refractivity contribution is 0.00629. The van der Waals surface area contributed by atoms with E-state index in [0.29, 0.717) is 5.92 Å². The van der Waals surface area contributed by atoms with Crippen LogP contribution in [0.1, 0.15) is 51.0 Å². The van der Waals surface area contributed by atoms with Crippen molar-refractivity contribution in [2.24, 2.45) is 0 Å². The zero-order valence-electron chi connectivity index (χ0n) is 11.0. The molecule has 18 heavy (non-hydrogen) atoms. The van der Waals surface area contributed by atoms with E-state index < -0.39 is 0 Å². The van der Waals surface area contributed by atoms with Crippen molar-refractivity contribution in [2.75, 3.05) is 0 Å². The monoisotopic (exact) mass is 312 g/mol. The highest BCUT2D eigenvalue weighted by molar-refractivity contribution is 9.10. The molecule has 1 aliphatic rings. The van der Waals surface area contributed by atoms with E-state index >= 15 is 0 Å². The first-order valence-electron chi connectivity index (χ1n) is 6.72. The van der Waals surface area contributed by atoms with Crippen LogP contribution in [0.5, 0.6) is 5.75 Å². The number of rotatable bonds is 3.